The number of rotatable bonds is 36. The van der Waals surface area contributed by atoms with Crippen molar-refractivity contribution in [2.75, 3.05) is 13.7 Å². The molecular weight excluding hydrogens is 651 g/mol. The molecule has 50 heavy (non-hydrogen) atoms. The van der Waals surface area contributed by atoms with Crippen LogP contribution in [0.2, 0.25) is 0 Å². The topological polar surface area (TPSA) is 121 Å². The van der Waals surface area contributed by atoms with Crippen LogP contribution in [0.3, 0.4) is 0 Å². The molecule has 0 heterocycles. The molecule has 0 aromatic carbocycles. The van der Waals surface area contributed by atoms with E-state index in [2.05, 4.69) is 18.0 Å². The third-order valence-corrected chi connectivity index (χ3v) is 10.7. The normalized spacial score (nSPS) is 13.4. The number of ketones is 1. The summed E-state index contributed by atoms with van der Waals surface area (Å²) in [5.41, 5.74) is 0. The molecule has 8 nitrogen and oxygen atoms in total. The summed E-state index contributed by atoms with van der Waals surface area (Å²) < 4.78 is 30.3. The van der Waals surface area contributed by atoms with E-state index in [9.17, 15) is 27.8 Å². The van der Waals surface area contributed by atoms with Crippen molar-refractivity contribution in [3.8, 4) is 0 Å². The Bertz CT molecular complexity index is 867. The molecule has 0 saturated carbocycles. The summed E-state index contributed by atoms with van der Waals surface area (Å²) in [6.07, 6.45) is 39.8. The van der Waals surface area contributed by atoms with Crippen LogP contribution in [0.1, 0.15) is 233 Å². The molecule has 0 saturated heterocycles. The first-order chi connectivity index (χ1) is 24.0. The van der Waals surface area contributed by atoms with E-state index in [0.29, 0.717) is 12.8 Å². The minimum Gasteiger partial charge on any atom is -0.726 e. The van der Waals surface area contributed by atoms with Gasteiger partial charge >= 0.3 is 5.91 Å². The Labute approximate surface area is 310 Å². The summed E-state index contributed by atoms with van der Waals surface area (Å²) in [5, 5.41) is 11.1. The van der Waals surface area contributed by atoms with E-state index in [1.807, 2.05) is 6.92 Å². The molecule has 0 aromatic heterocycles. The van der Waals surface area contributed by atoms with Gasteiger partial charge in [0.1, 0.15) is 6.54 Å². The van der Waals surface area contributed by atoms with Crippen LogP contribution in [0, 0.1) is 0 Å². The van der Waals surface area contributed by atoms with Gasteiger partial charge in [-0.3, -0.25) is 8.98 Å². The first kappa shape index (κ1) is 51.2. The van der Waals surface area contributed by atoms with Crippen molar-refractivity contribution in [3.63, 3.8) is 0 Å². The first-order valence-corrected chi connectivity index (χ1v) is 22.5. The zero-order valence-electron chi connectivity index (χ0n) is 33.7. The van der Waals surface area contributed by atoms with Gasteiger partial charge in [-0.25, -0.2) is 18.4 Å². The molecule has 0 fully saturated rings. The van der Waals surface area contributed by atoms with Crippen molar-refractivity contribution in [1.29, 1.82) is 0 Å². The largest absolute Gasteiger partial charge is 0.726 e. The second kappa shape index (κ2) is 36.5. The first-order valence-electron chi connectivity index (χ1n) is 21.2. The Kier molecular flexibility index (Phi) is 37.4. The van der Waals surface area contributed by atoms with E-state index < -0.39 is 21.1 Å². The van der Waals surface area contributed by atoms with Crippen molar-refractivity contribution in [2.24, 2.45) is 0 Å². The smallest absolute Gasteiger partial charge is 0.346 e. The average molecular weight is 734 g/mol. The van der Waals surface area contributed by atoms with Gasteiger partial charge in [0, 0.05) is 6.42 Å². The molecule has 0 aromatic rings. The molecule has 0 aliphatic carbocycles. The zero-order valence-corrected chi connectivity index (χ0v) is 34.5. The van der Waals surface area contributed by atoms with Gasteiger partial charge in [0.2, 0.25) is 10.4 Å². The summed E-state index contributed by atoms with van der Waals surface area (Å²) in [7, 11) is -3.60. The molecule has 0 radical (unpaired) electrons. The van der Waals surface area contributed by atoms with Crippen LogP contribution in [-0.2, 0) is 24.2 Å². The van der Waals surface area contributed by atoms with E-state index in [1.54, 1.807) is 6.92 Å². The van der Waals surface area contributed by atoms with Crippen molar-refractivity contribution < 1.29 is 36.6 Å². The molecule has 0 rings (SSSR count). The molecule has 9 heteroatoms. The highest BCUT2D eigenvalue weighted by Gasteiger charge is 2.42. The Morgan fingerprint density at radius 1 is 0.540 bits per heavy atom. The number of unbranched alkanes of at least 4 members (excludes halogenated alkanes) is 28. The van der Waals surface area contributed by atoms with Gasteiger partial charge in [-0.15, -0.1) is 4.65 Å². The van der Waals surface area contributed by atoms with Crippen LogP contribution in [0.25, 0.3) is 0 Å². The lowest BCUT2D eigenvalue weighted by atomic mass is 10.0. The standard InChI is InChI=1S/C40H80NO3.CH4O4S/c1-5-8-10-12-14-16-18-20-22-24-26-28-30-32-34-36-39(42)38(4)41(44,7-3)40(43)37-35-33-31-29-27-25-23-21-19-17-15-13-11-9-6-2;1-5-6(2,3)4/h38,44H,5-37H2,1-4H3;1H3,(H,2,3,4)/q+1;/p-1. The number of Topliss-reactive ketones (excluding diaryl/α,β-unsaturated/α-hetero) is 1. The van der Waals surface area contributed by atoms with Crippen LogP contribution in [-0.4, -0.2) is 54.2 Å². The molecule has 2 atom stereocenters. The van der Waals surface area contributed by atoms with E-state index in [1.165, 1.54) is 161 Å². The van der Waals surface area contributed by atoms with Gasteiger partial charge in [0.05, 0.1) is 13.5 Å². The minimum absolute atomic E-state index is 0.0360. The van der Waals surface area contributed by atoms with Crippen LogP contribution in [0.15, 0.2) is 0 Å². The van der Waals surface area contributed by atoms with Crippen LogP contribution < -0.4 is 0 Å². The number of likely N-dealkylation sites (N-methyl/N-ethyl adjacent to an activating group) is 1. The number of quaternary nitrogens is 1. The summed E-state index contributed by atoms with van der Waals surface area (Å²) in [6.45, 7) is 8.39. The lowest BCUT2D eigenvalue weighted by Crippen LogP contribution is -2.58. The Balaban J connectivity index is 0. The highest BCUT2D eigenvalue weighted by molar-refractivity contribution is 7.80. The maximum Gasteiger partial charge on any atom is 0.346 e. The molecule has 0 bridgehead atoms. The van der Waals surface area contributed by atoms with Gasteiger partial charge in [0.15, 0.2) is 11.8 Å². The van der Waals surface area contributed by atoms with E-state index in [0.717, 1.165) is 39.2 Å². The van der Waals surface area contributed by atoms with Gasteiger partial charge in [-0.1, -0.05) is 194 Å². The number of hydrogen-bond donors (Lipinski definition) is 1. The lowest BCUT2D eigenvalue weighted by Gasteiger charge is -2.31. The second-order valence-corrected chi connectivity index (χ2v) is 15.8. The summed E-state index contributed by atoms with van der Waals surface area (Å²) >= 11 is 0. The number of hydrogen-bond acceptors (Lipinski definition) is 7. The maximum absolute atomic E-state index is 13.0. The fourth-order valence-corrected chi connectivity index (χ4v) is 6.63. The molecule has 0 aliphatic rings. The molecule has 1 N–H and O–H groups in total. The fourth-order valence-electron chi connectivity index (χ4n) is 6.63. The Morgan fingerprint density at radius 3 is 1.02 bits per heavy atom. The predicted octanol–water partition coefficient (Wildman–Crippen LogP) is 12.3. The van der Waals surface area contributed by atoms with Crippen molar-refractivity contribution in [1.82, 2.24) is 0 Å². The monoisotopic (exact) mass is 734 g/mol. The number of hydroxylamine groups is 3. The van der Waals surface area contributed by atoms with Gasteiger partial charge in [0.25, 0.3) is 0 Å². The van der Waals surface area contributed by atoms with E-state index in [-0.39, 0.29) is 18.2 Å². The number of amides is 1. The third-order valence-electron chi connectivity index (χ3n) is 10.2. The van der Waals surface area contributed by atoms with Crippen LogP contribution in [0.4, 0.5) is 0 Å². The molecule has 2 unspecified atom stereocenters. The SMILES string of the molecule is CCCCCCCCCCCCCCCCCC(=O)C(C)[N+](O)(CC)C(=O)CCCCCCCCCCCCCCCCC.COS(=O)(=O)[O-]. The predicted molar refractivity (Wildman–Crippen MR) is 208 cm³/mol. The molecule has 1 amide bonds. The van der Waals surface area contributed by atoms with Crippen LogP contribution in [0.5, 0.6) is 0 Å². The quantitative estimate of drug-likeness (QED) is 0.0170. The Morgan fingerprint density at radius 2 is 0.780 bits per heavy atom. The average Bonchev–Trinajstić information content (AvgIpc) is 3.10. The molecule has 300 valence electrons. The highest BCUT2D eigenvalue weighted by atomic mass is 32.3. The van der Waals surface area contributed by atoms with Gasteiger partial charge in [-0.05, 0) is 26.7 Å². The molecule has 0 spiro atoms. The van der Waals surface area contributed by atoms with Crippen molar-refractivity contribution in [3.05, 3.63) is 0 Å². The third kappa shape index (κ3) is 33.0. The maximum atomic E-state index is 13.0. The highest BCUT2D eigenvalue weighted by Crippen LogP contribution is 2.20. The van der Waals surface area contributed by atoms with E-state index in [4.69, 9.17) is 0 Å². The molecule has 0 aliphatic heterocycles. The summed E-state index contributed by atoms with van der Waals surface area (Å²) in [6, 6.07) is -0.657. The van der Waals surface area contributed by atoms with Crippen LogP contribution >= 0.6 is 0 Å². The second-order valence-electron chi connectivity index (χ2n) is 14.7. The van der Waals surface area contributed by atoms with Crippen molar-refractivity contribution in [2.45, 2.75) is 239 Å². The Hall–Kier alpha value is -0.870. The minimum atomic E-state index is -4.41. The van der Waals surface area contributed by atoms with Crippen molar-refractivity contribution >= 4 is 22.1 Å². The summed E-state index contributed by atoms with van der Waals surface area (Å²) in [4.78, 5) is 25.8. The van der Waals surface area contributed by atoms with E-state index >= 15 is 0 Å². The zero-order chi connectivity index (χ0) is 37.8. The van der Waals surface area contributed by atoms with Gasteiger partial charge < -0.3 is 4.55 Å². The fraction of sp³-hybridized carbons (Fsp3) is 0.951. The number of nitrogens with zero attached hydrogens (tertiary/aromatic N) is 1. The molecular formula is C41H83NO7S. The summed E-state index contributed by atoms with van der Waals surface area (Å²) in [5.74, 6) is -0.145. The number of carbonyl (C=O) groups is 2. The lowest BCUT2D eigenvalue weighted by molar-refractivity contribution is -1.05. The van der Waals surface area contributed by atoms with Gasteiger partial charge in [-0.2, -0.15) is 0 Å². The number of carbonyl (C=O) groups excluding carboxylic acids is 2.